The summed E-state index contributed by atoms with van der Waals surface area (Å²) in [5.41, 5.74) is 4.53. The maximum atomic E-state index is 5.90. The Morgan fingerprint density at radius 1 is 1.06 bits per heavy atom. The molecule has 0 atom stereocenters. The van der Waals surface area contributed by atoms with Gasteiger partial charge in [0.15, 0.2) is 5.96 Å². The number of aliphatic imine (C=N–C) groups is 1. The van der Waals surface area contributed by atoms with Gasteiger partial charge in [-0.25, -0.2) is 4.99 Å². The van der Waals surface area contributed by atoms with Crippen molar-refractivity contribution >= 4 is 29.9 Å². The number of halogens is 1. The van der Waals surface area contributed by atoms with E-state index in [0.717, 1.165) is 41.5 Å². The average molecular weight is 563 g/mol. The van der Waals surface area contributed by atoms with Crippen molar-refractivity contribution in [3.63, 3.8) is 0 Å². The fraction of sp³-hybridized carbons (Fsp3) is 0.360. The number of rotatable bonds is 11. The predicted molar refractivity (Wildman–Crippen MR) is 143 cm³/mol. The number of guanidine groups is 1. The molecule has 33 heavy (non-hydrogen) atoms. The first-order valence-electron chi connectivity index (χ1n) is 11.0. The van der Waals surface area contributed by atoms with E-state index in [-0.39, 0.29) is 24.0 Å². The zero-order valence-electron chi connectivity index (χ0n) is 19.6. The smallest absolute Gasteiger partial charge is 0.191 e. The molecule has 0 unspecified atom stereocenters. The third-order valence-electron chi connectivity index (χ3n) is 4.85. The van der Waals surface area contributed by atoms with Crippen LogP contribution >= 0.6 is 24.0 Å². The van der Waals surface area contributed by atoms with Crippen LogP contribution in [0.4, 0.5) is 0 Å². The summed E-state index contributed by atoms with van der Waals surface area (Å²) >= 11 is 0. The van der Waals surface area contributed by atoms with Gasteiger partial charge in [0.05, 0.1) is 25.9 Å². The molecule has 0 amide bonds. The Morgan fingerprint density at radius 2 is 1.88 bits per heavy atom. The molecule has 0 aliphatic carbocycles. The molecule has 0 saturated heterocycles. The number of hydrogen-bond acceptors (Lipinski definition) is 4. The van der Waals surface area contributed by atoms with Gasteiger partial charge in [-0.05, 0) is 31.0 Å². The van der Waals surface area contributed by atoms with Crippen molar-refractivity contribution in [1.29, 1.82) is 0 Å². The van der Waals surface area contributed by atoms with Crippen LogP contribution in [-0.4, -0.2) is 42.6 Å². The lowest BCUT2D eigenvalue weighted by Crippen LogP contribution is -2.36. The second-order valence-corrected chi connectivity index (χ2v) is 7.53. The Kier molecular flexibility index (Phi) is 11.7. The zero-order valence-corrected chi connectivity index (χ0v) is 21.9. The highest BCUT2D eigenvalue weighted by molar-refractivity contribution is 14.0. The minimum Gasteiger partial charge on any atom is -0.491 e. The number of nitrogens with one attached hydrogen (secondary N) is 2. The van der Waals surface area contributed by atoms with Crippen molar-refractivity contribution in [3.8, 4) is 5.75 Å². The Morgan fingerprint density at radius 3 is 2.64 bits per heavy atom. The number of aryl methyl sites for hydroxylation is 1. The lowest BCUT2D eigenvalue weighted by molar-refractivity contribution is 0.145. The van der Waals surface area contributed by atoms with E-state index in [1.165, 1.54) is 5.56 Å². The Bertz CT molecular complexity index is 991. The molecule has 2 aromatic carbocycles. The van der Waals surface area contributed by atoms with E-state index in [4.69, 9.17) is 14.5 Å². The van der Waals surface area contributed by atoms with Crippen LogP contribution in [0.2, 0.25) is 0 Å². The minimum atomic E-state index is 0. The molecule has 0 radical (unpaired) electrons. The van der Waals surface area contributed by atoms with Crippen LogP contribution in [0.3, 0.4) is 0 Å². The Hall–Kier alpha value is -2.59. The van der Waals surface area contributed by atoms with Crippen molar-refractivity contribution in [2.24, 2.45) is 4.99 Å². The van der Waals surface area contributed by atoms with Crippen molar-refractivity contribution in [2.75, 3.05) is 26.9 Å². The van der Waals surface area contributed by atoms with Crippen LogP contribution in [0, 0.1) is 6.92 Å². The quantitative estimate of drug-likeness (QED) is 0.159. The highest BCUT2D eigenvalue weighted by Gasteiger charge is 2.07. The Balaban J connectivity index is 0.00000385. The summed E-state index contributed by atoms with van der Waals surface area (Å²) in [6, 6.07) is 16.5. The first kappa shape index (κ1) is 26.7. The monoisotopic (exact) mass is 563 g/mol. The normalized spacial score (nSPS) is 11.1. The van der Waals surface area contributed by atoms with Gasteiger partial charge in [-0.1, -0.05) is 42.5 Å². The van der Waals surface area contributed by atoms with Crippen LogP contribution in [0.25, 0.3) is 0 Å². The van der Waals surface area contributed by atoms with Gasteiger partial charge in [0.25, 0.3) is 0 Å². The van der Waals surface area contributed by atoms with E-state index >= 15 is 0 Å². The molecular formula is C25H34IN5O2. The third-order valence-corrected chi connectivity index (χ3v) is 4.85. The topological polar surface area (TPSA) is 72.7 Å². The van der Waals surface area contributed by atoms with E-state index in [9.17, 15) is 0 Å². The summed E-state index contributed by atoms with van der Waals surface area (Å²) in [5.74, 6) is 1.62. The first-order chi connectivity index (χ1) is 15.7. The molecule has 7 nitrogen and oxygen atoms in total. The number of ether oxygens (including phenoxy) is 2. The summed E-state index contributed by atoms with van der Waals surface area (Å²) < 4.78 is 12.9. The summed E-state index contributed by atoms with van der Waals surface area (Å²) in [5, 5.41) is 11.2. The molecule has 3 rings (SSSR count). The molecular weight excluding hydrogens is 529 g/mol. The first-order valence-corrected chi connectivity index (χ1v) is 11.0. The summed E-state index contributed by atoms with van der Waals surface area (Å²) in [6.45, 7) is 7.89. The van der Waals surface area contributed by atoms with Gasteiger partial charge >= 0.3 is 0 Å². The SMILES string of the molecule is CCNC(=NCc1cnn(Cc2ccccc2)c1)NCc1ccc(C)cc1OCCOC.I. The van der Waals surface area contributed by atoms with E-state index < -0.39 is 0 Å². The number of benzene rings is 2. The second kappa shape index (κ2) is 14.5. The van der Waals surface area contributed by atoms with Gasteiger partial charge in [-0.2, -0.15) is 5.10 Å². The number of hydrogen-bond donors (Lipinski definition) is 2. The van der Waals surface area contributed by atoms with Crippen LogP contribution in [-0.2, 0) is 24.4 Å². The van der Waals surface area contributed by atoms with E-state index in [1.807, 2.05) is 35.3 Å². The van der Waals surface area contributed by atoms with Gasteiger partial charge in [0, 0.05) is 37.5 Å². The molecule has 1 aromatic heterocycles. The van der Waals surface area contributed by atoms with Crippen LogP contribution in [0.1, 0.15) is 29.2 Å². The minimum absolute atomic E-state index is 0. The molecule has 0 spiro atoms. The van der Waals surface area contributed by atoms with Gasteiger partial charge in [-0.15, -0.1) is 24.0 Å². The molecule has 2 N–H and O–H groups in total. The van der Waals surface area contributed by atoms with Gasteiger partial charge in [-0.3, -0.25) is 4.68 Å². The van der Waals surface area contributed by atoms with Crippen LogP contribution in [0.5, 0.6) is 5.75 Å². The number of aromatic nitrogens is 2. The average Bonchev–Trinajstić information content (AvgIpc) is 3.24. The van der Waals surface area contributed by atoms with Gasteiger partial charge < -0.3 is 20.1 Å². The van der Waals surface area contributed by atoms with Gasteiger partial charge in [0.1, 0.15) is 12.4 Å². The summed E-state index contributed by atoms with van der Waals surface area (Å²) in [4.78, 5) is 4.72. The molecule has 3 aromatic rings. The van der Waals surface area contributed by atoms with Crippen molar-refractivity contribution in [2.45, 2.75) is 33.5 Å². The largest absolute Gasteiger partial charge is 0.491 e. The molecule has 8 heteroatoms. The molecule has 0 aliphatic rings. The lowest BCUT2D eigenvalue weighted by Gasteiger charge is -2.15. The molecule has 0 fully saturated rings. The second-order valence-electron chi connectivity index (χ2n) is 7.53. The number of methoxy groups -OCH3 is 1. The maximum absolute atomic E-state index is 5.90. The van der Waals surface area contributed by atoms with Gasteiger partial charge in [0.2, 0.25) is 0 Å². The van der Waals surface area contributed by atoms with E-state index in [1.54, 1.807) is 7.11 Å². The maximum Gasteiger partial charge on any atom is 0.191 e. The highest BCUT2D eigenvalue weighted by atomic mass is 127. The molecule has 0 bridgehead atoms. The zero-order chi connectivity index (χ0) is 22.6. The van der Waals surface area contributed by atoms with Crippen molar-refractivity contribution in [3.05, 3.63) is 83.2 Å². The van der Waals surface area contributed by atoms with Crippen molar-refractivity contribution in [1.82, 2.24) is 20.4 Å². The number of nitrogens with zero attached hydrogens (tertiary/aromatic N) is 3. The fourth-order valence-corrected chi connectivity index (χ4v) is 3.21. The van der Waals surface area contributed by atoms with Crippen LogP contribution in [0.15, 0.2) is 65.9 Å². The Labute approximate surface area is 213 Å². The highest BCUT2D eigenvalue weighted by Crippen LogP contribution is 2.20. The predicted octanol–water partition coefficient (Wildman–Crippen LogP) is 4.14. The summed E-state index contributed by atoms with van der Waals surface area (Å²) in [7, 11) is 1.67. The molecule has 0 saturated carbocycles. The fourth-order valence-electron chi connectivity index (χ4n) is 3.21. The lowest BCUT2D eigenvalue weighted by atomic mass is 10.1. The van der Waals surface area contributed by atoms with Crippen molar-refractivity contribution < 1.29 is 9.47 Å². The van der Waals surface area contributed by atoms with Crippen LogP contribution < -0.4 is 15.4 Å². The molecule has 178 valence electrons. The van der Waals surface area contributed by atoms with E-state index in [2.05, 4.69) is 59.9 Å². The standard InChI is InChI=1S/C25H33N5O2.HI/c1-4-26-25(28-17-23-11-10-20(2)14-24(23)32-13-12-31-3)27-15-22-16-29-30(19-22)18-21-8-6-5-7-9-21;/h5-11,14,16,19H,4,12-13,15,17-18H2,1-3H3,(H2,26,27,28);1H. The molecule has 0 aliphatic heterocycles. The van der Waals surface area contributed by atoms with E-state index in [0.29, 0.717) is 26.3 Å². The summed E-state index contributed by atoms with van der Waals surface area (Å²) in [6.07, 6.45) is 3.92. The molecule has 1 heterocycles. The third kappa shape index (κ3) is 9.05.